The number of fused-ring (bicyclic) bond motifs is 1. The zero-order valence-corrected chi connectivity index (χ0v) is 13.0. The van der Waals surface area contributed by atoms with Crippen molar-refractivity contribution in [2.75, 3.05) is 19.6 Å². The highest BCUT2D eigenvalue weighted by atomic mass is 32.2. The lowest BCUT2D eigenvalue weighted by Crippen LogP contribution is -2.52. The minimum absolute atomic E-state index is 0.0514. The second-order valence-electron chi connectivity index (χ2n) is 5.51. The van der Waals surface area contributed by atoms with Gasteiger partial charge in [0.05, 0.1) is 5.52 Å². The Bertz CT molecular complexity index is 774. The van der Waals surface area contributed by atoms with Gasteiger partial charge in [-0.25, -0.2) is 8.42 Å². The van der Waals surface area contributed by atoms with Gasteiger partial charge in [0.25, 0.3) is 0 Å². The van der Waals surface area contributed by atoms with Crippen LogP contribution >= 0.6 is 0 Å². The molecule has 2 heterocycles. The van der Waals surface area contributed by atoms with Crippen LogP contribution in [0.3, 0.4) is 0 Å². The molecule has 6 heteroatoms. The number of para-hydroxylation sites is 1. The molecular formula is C15H19N3O2S. The molecule has 1 aromatic carbocycles. The molecule has 112 valence electrons. The molecule has 1 aromatic heterocycles. The van der Waals surface area contributed by atoms with Crippen molar-refractivity contribution >= 4 is 20.9 Å². The number of hydrogen-bond acceptors (Lipinski definition) is 4. The highest BCUT2D eigenvalue weighted by molar-refractivity contribution is 7.89. The Morgan fingerprint density at radius 1 is 1.38 bits per heavy atom. The van der Waals surface area contributed by atoms with Crippen molar-refractivity contribution in [1.82, 2.24) is 14.6 Å². The molecule has 0 amide bonds. The largest absolute Gasteiger partial charge is 0.314 e. The van der Waals surface area contributed by atoms with Crippen LogP contribution in [0.1, 0.15) is 12.5 Å². The lowest BCUT2D eigenvalue weighted by Gasteiger charge is -2.33. The van der Waals surface area contributed by atoms with Crippen LogP contribution in [-0.4, -0.2) is 43.4 Å². The van der Waals surface area contributed by atoms with E-state index < -0.39 is 10.0 Å². The second-order valence-corrected chi connectivity index (χ2v) is 7.37. The average molecular weight is 305 g/mol. The molecule has 2 aromatic rings. The first-order valence-corrected chi connectivity index (χ1v) is 8.52. The number of benzene rings is 1. The zero-order chi connectivity index (χ0) is 15.0. The van der Waals surface area contributed by atoms with E-state index in [-0.39, 0.29) is 6.04 Å². The molecule has 3 rings (SSSR count). The number of rotatable bonds is 2. The summed E-state index contributed by atoms with van der Waals surface area (Å²) in [6.07, 6.45) is 1.71. The first kappa shape index (κ1) is 14.4. The summed E-state index contributed by atoms with van der Waals surface area (Å²) >= 11 is 0. The first-order chi connectivity index (χ1) is 10.00. The fourth-order valence-corrected chi connectivity index (χ4v) is 4.55. The third-order valence-electron chi connectivity index (χ3n) is 3.84. The van der Waals surface area contributed by atoms with Crippen molar-refractivity contribution in [3.63, 3.8) is 0 Å². The summed E-state index contributed by atoms with van der Waals surface area (Å²) in [5.41, 5.74) is 1.57. The Balaban J connectivity index is 2.15. The summed E-state index contributed by atoms with van der Waals surface area (Å²) in [5, 5.41) is 4.07. The van der Waals surface area contributed by atoms with Gasteiger partial charge in [-0.15, -0.1) is 0 Å². The quantitative estimate of drug-likeness (QED) is 0.914. The summed E-state index contributed by atoms with van der Waals surface area (Å²) in [6, 6.07) is 7.24. The molecule has 0 saturated carbocycles. The molecule has 1 fully saturated rings. The lowest BCUT2D eigenvalue weighted by molar-refractivity contribution is 0.284. The molecule has 0 aliphatic carbocycles. The van der Waals surface area contributed by atoms with E-state index in [1.807, 2.05) is 26.0 Å². The maximum Gasteiger partial charge on any atom is 0.245 e. The highest BCUT2D eigenvalue weighted by Crippen LogP contribution is 2.26. The molecule has 0 radical (unpaired) electrons. The van der Waals surface area contributed by atoms with Crippen LogP contribution in [0.25, 0.3) is 10.9 Å². The molecule has 21 heavy (non-hydrogen) atoms. The van der Waals surface area contributed by atoms with Crippen LogP contribution in [0.2, 0.25) is 0 Å². The Labute approximate surface area is 125 Å². The SMILES string of the molecule is Cc1cnc2c(S(=O)(=O)N3CCNC[C@@H]3C)cccc2c1. The van der Waals surface area contributed by atoms with Gasteiger partial charge in [-0.05, 0) is 31.5 Å². The Hall–Kier alpha value is -1.50. The van der Waals surface area contributed by atoms with Gasteiger partial charge in [0.1, 0.15) is 4.90 Å². The maximum atomic E-state index is 13.0. The van der Waals surface area contributed by atoms with Crippen molar-refractivity contribution in [3.05, 3.63) is 36.0 Å². The van der Waals surface area contributed by atoms with E-state index in [4.69, 9.17) is 0 Å². The van der Waals surface area contributed by atoms with Gasteiger partial charge in [0, 0.05) is 37.3 Å². The Morgan fingerprint density at radius 3 is 2.95 bits per heavy atom. The van der Waals surface area contributed by atoms with Crippen molar-refractivity contribution in [1.29, 1.82) is 0 Å². The number of piperazine rings is 1. The summed E-state index contributed by atoms with van der Waals surface area (Å²) in [7, 11) is -3.52. The molecule has 1 aliphatic rings. The average Bonchev–Trinajstić information content (AvgIpc) is 2.46. The van der Waals surface area contributed by atoms with Gasteiger partial charge >= 0.3 is 0 Å². The summed E-state index contributed by atoms with van der Waals surface area (Å²) in [6.45, 7) is 5.72. The minimum Gasteiger partial charge on any atom is -0.314 e. The van der Waals surface area contributed by atoms with Crippen molar-refractivity contribution < 1.29 is 8.42 Å². The fourth-order valence-electron chi connectivity index (χ4n) is 2.76. The van der Waals surface area contributed by atoms with E-state index in [0.29, 0.717) is 30.0 Å². The van der Waals surface area contributed by atoms with Gasteiger partial charge in [0.15, 0.2) is 0 Å². The summed E-state index contributed by atoms with van der Waals surface area (Å²) in [4.78, 5) is 4.65. The Kier molecular flexibility index (Phi) is 3.69. The second kappa shape index (κ2) is 5.36. The molecule has 1 atom stereocenters. The number of nitrogens with zero attached hydrogens (tertiary/aromatic N) is 2. The summed E-state index contributed by atoms with van der Waals surface area (Å²) in [5.74, 6) is 0. The van der Waals surface area contributed by atoms with Crippen LogP contribution in [0.4, 0.5) is 0 Å². The molecule has 5 nitrogen and oxygen atoms in total. The van der Waals surface area contributed by atoms with E-state index in [1.165, 1.54) is 0 Å². The van der Waals surface area contributed by atoms with E-state index in [1.54, 1.807) is 22.6 Å². The van der Waals surface area contributed by atoms with Gasteiger partial charge in [-0.2, -0.15) is 4.31 Å². The van der Waals surface area contributed by atoms with E-state index in [9.17, 15) is 8.42 Å². The van der Waals surface area contributed by atoms with Crippen LogP contribution in [0.15, 0.2) is 35.4 Å². The van der Waals surface area contributed by atoms with E-state index in [2.05, 4.69) is 10.3 Å². The van der Waals surface area contributed by atoms with Crippen molar-refractivity contribution in [2.45, 2.75) is 24.8 Å². The molecule has 0 bridgehead atoms. The van der Waals surface area contributed by atoms with Gasteiger partial charge in [-0.3, -0.25) is 4.98 Å². The standard InChI is InChI=1S/C15H19N3O2S/c1-11-8-13-4-3-5-14(15(13)17-9-11)21(19,20)18-7-6-16-10-12(18)2/h3-5,8-9,12,16H,6-7,10H2,1-2H3/t12-/m0/s1. The van der Waals surface area contributed by atoms with Crippen LogP contribution < -0.4 is 5.32 Å². The number of aromatic nitrogens is 1. The van der Waals surface area contributed by atoms with Crippen LogP contribution in [0.5, 0.6) is 0 Å². The van der Waals surface area contributed by atoms with Crippen molar-refractivity contribution in [3.8, 4) is 0 Å². The number of nitrogens with one attached hydrogen (secondary N) is 1. The number of hydrogen-bond donors (Lipinski definition) is 1. The third-order valence-corrected chi connectivity index (χ3v) is 5.88. The third kappa shape index (κ3) is 2.54. The van der Waals surface area contributed by atoms with Crippen molar-refractivity contribution in [2.24, 2.45) is 0 Å². The predicted octanol–water partition coefficient (Wildman–Crippen LogP) is 1.53. The topological polar surface area (TPSA) is 62.3 Å². The molecular weight excluding hydrogens is 286 g/mol. The molecule has 1 saturated heterocycles. The molecule has 0 unspecified atom stereocenters. The monoisotopic (exact) mass is 305 g/mol. The predicted molar refractivity (Wildman–Crippen MR) is 82.7 cm³/mol. The van der Waals surface area contributed by atoms with Crippen LogP contribution in [0, 0.1) is 6.92 Å². The minimum atomic E-state index is -3.52. The van der Waals surface area contributed by atoms with Crippen LogP contribution in [-0.2, 0) is 10.0 Å². The molecule has 1 aliphatic heterocycles. The normalized spacial score (nSPS) is 20.8. The molecule has 0 spiro atoms. The van der Waals surface area contributed by atoms with Gasteiger partial charge in [0.2, 0.25) is 10.0 Å². The zero-order valence-electron chi connectivity index (χ0n) is 12.2. The molecule has 1 N–H and O–H groups in total. The maximum absolute atomic E-state index is 13.0. The Morgan fingerprint density at radius 2 is 2.19 bits per heavy atom. The number of sulfonamides is 1. The summed E-state index contributed by atoms with van der Waals surface area (Å²) < 4.78 is 27.5. The number of pyridine rings is 1. The van der Waals surface area contributed by atoms with E-state index >= 15 is 0 Å². The smallest absolute Gasteiger partial charge is 0.245 e. The fraction of sp³-hybridized carbons (Fsp3) is 0.400. The highest BCUT2D eigenvalue weighted by Gasteiger charge is 2.32. The van der Waals surface area contributed by atoms with E-state index in [0.717, 1.165) is 10.9 Å². The first-order valence-electron chi connectivity index (χ1n) is 7.08. The van der Waals surface area contributed by atoms with Gasteiger partial charge in [-0.1, -0.05) is 12.1 Å². The van der Waals surface area contributed by atoms with Gasteiger partial charge < -0.3 is 5.32 Å². The lowest BCUT2D eigenvalue weighted by atomic mass is 10.2. The number of aryl methyl sites for hydroxylation is 1.